The van der Waals surface area contributed by atoms with Crippen LogP contribution < -0.4 is 10.5 Å². The van der Waals surface area contributed by atoms with Crippen LogP contribution in [0.4, 0.5) is 10.3 Å². The van der Waals surface area contributed by atoms with Gasteiger partial charge in [0, 0.05) is 52.4 Å². The van der Waals surface area contributed by atoms with Gasteiger partial charge in [-0.05, 0) is 24.3 Å². The van der Waals surface area contributed by atoms with Crippen molar-refractivity contribution in [3.05, 3.63) is 65.0 Å². The molecule has 2 aromatic heterocycles. The zero-order valence-electron chi connectivity index (χ0n) is 16.8. The summed E-state index contributed by atoms with van der Waals surface area (Å²) in [5.41, 5.74) is 2.36. The van der Waals surface area contributed by atoms with Gasteiger partial charge >= 0.3 is 0 Å². The van der Waals surface area contributed by atoms with Crippen molar-refractivity contribution >= 4 is 27.9 Å². The molecule has 4 aromatic rings. The Bertz CT molecular complexity index is 1270. The van der Waals surface area contributed by atoms with Crippen LogP contribution >= 0.6 is 0 Å². The minimum Gasteiger partial charge on any atom is -0.340 e. The van der Waals surface area contributed by atoms with Gasteiger partial charge in [-0.3, -0.25) is 14.3 Å². The monoisotopic (exact) mass is 406 g/mol. The highest BCUT2D eigenvalue weighted by Gasteiger charge is 2.21. The molecular formula is C22H23FN6O. The molecule has 0 aliphatic carbocycles. The second kappa shape index (κ2) is 7.53. The van der Waals surface area contributed by atoms with Crippen LogP contribution in [0.5, 0.6) is 0 Å². The van der Waals surface area contributed by atoms with Crippen molar-refractivity contribution in [3.63, 3.8) is 0 Å². The van der Waals surface area contributed by atoms with Crippen LogP contribution in [0.25, 0.3) is 21.9 Å². The van der Waals surface area contributed by atoms with E-state index in [0.717, 1.165) is 56.3 Å². The van der Waals surface area contributed by atoms with Crippen LogP contribution in [-0.2, 0) is 13.6 Å². The van der Waals surface area contributed by atoms with Crippen LogP contribution in [0, 0.1) is 5.82 Å². The van der Waals surface area contributed by atoms with E-state index in [0.29, 0.717) is 10.9 Å². The van der Waals surface area contributed by atoms with E-state index in [9.17, 15) is 9.18 Å². The number of nitrogens with zero attached hydrogens (tertiary/aromatic N) is 6. The second-order valence-electron chi connectivity index (χ2n) is 7.69. The summed E-state index contributed by atoms with van der Waals surface area (Å²) < 4.78 is 17.1. The Kier molecular flexibility index (Phi) is 4.71. The molecule has 1 saturated heterocycles. The summed E-state index contributed by atoms with van der Waals surface area (Å²) in [6, 6.07) is 12.2. The minimum atomic E-state index is -0.263. The maximum Gasteiger partial charge on any atom is 0.262 e. The fourth-order valence-corrected chi connectivity index (χ4v) is 4.12. The number of aromatic nitrogens is 4. The summed E-state index contributed by atoms with van der Waals surface area (Å²) in [6.07, 6.45) is 1.77. The number of hydrogen-bond acceptors (Lipinski definition) is 5. The van der Waals surface area contributed by atoms with Gasteiger partial charge in [-0.15, -0.1) is 0 Å². The Balaban J connectivity index is 1.26. The Hall–Kier alpha value is -3.26. The zero-order valence-corrected chi connectivity index (χ0v) is 16.8. The Morgan fingerprint density at radius 3 is 2.63 bits per heavy atom. The third kappa shape index (κ3) is 3.33. The van der Waals surface area contributed by atoms with Crippen LogP contribution in [0.2, 0.25) is 0 Å². The van der Waals surface area contributed by atoms with E-state index in [2.05, 4.69) is 19.4 Å². The number of benzene rings is 2. The number of piperazine rings is 1. The molecule has 0 radical (unpaired) electrons. The molecule has 0 amide bonds. The lowest BCUT2D eigenvalue weighted by Crippen LogP contribution is -2.48. The first-order valence-corrected chi connectivity index (χ1v) is 10.1. The topological polar surface area (TPSA) is 59.2 Å². The number of hydrogen-bond donors (Lipinski definition) is 0. The Morgan fingerprint density at radius 1 is 1.00 bits per heavy atom. The number of halogens is 1. The summed E-state index contributed by atoms with van der Waals surface area (Å²) in [4.78, 5) is 26.3. The number of fused-ring (bicyclic) bond motifs is 2. The second-order valence-corrected chi connectivity index (χ2v) is 7.69. The fourth-order valence-electron chi connectivity index (χ4n) is 4.12. The molecule has 154 valence electrons. The third-order valence-corrected chi connectivity index (χ3v) is 5.85. The van der Waals surface area contributed by atoms with Gasteiger partial charge < -0.3 is 9.47 Å². The highest BCUT2D eigenvalue weighted by Crippen LogP contribution is 2.17. The van der Waals surface area contributed by atoms with Crippen molar-refractivity contribution in [1.82, 2.24) is 24.0 Å². The molecule has 1 aliphatic rings. The largest absolute Gasteiger partial charge is 0.340 e. The average Bonchev–Trinajstić information content (AvgIpc) is 3.17. The van der Waals surface area contributed by atoms with E-state index in [1.54, 1.807) is 24.0 Å². The normalized spacial score (nSPS) is 15.3. The van der Waals surface area contributed by atoms with Gasteiger partial charge in [-0.25, -0.2) is 14.4 Å². The van der Waals surface area contributed by atoms with Gasteiger partial charge in [0.2, 0.25) is 5.95 Å². The van der Waals surface area contributed by atoms with E-state index < -0.39 is 0 Å². The molecule has 0 saturated carbocycles. The summed E-state index contributed by atoms with van der Waals surface area (Å²) in [7, 11) is 1.79. The molecule has 2 aromatic carbocycles. The standard InChI is InChI=1S/C22H23FN6O/c1-26-21(30)17-4-2-3-5-18(17)25-22(26)28-11-8-27(9-12-28)10-13-29-15-24-19-14-16(23)6-7-20(19)29/h2-7,14-15H,8-13H2,1H3. The maximum atomic E-state index is 13.4. The van der Waals surface area contributed by atoms with Crippen molar-refractivity contribution in [2.75, 3.05) is 37.6 Å². The predicted molar refractivity (Wildman–Crippen MR) is 115 cm³/mol. The highest BCUT2D eigenvalue weighted by molar-refractivity contribution is 5.78. The number of para-hydroxylation sites is 1. The van der Waals surface area contributed by atoms with E-state index in [-0.39, 0.29) is 11.4 Å². The number of rotatable bonds is 4. The van der Waals surface area contributed by atoms with Crippen LogP contribution in [0.1, 0.15) is 0 Å². The van der Waals surface area contributed by atoms with E-state index >= 15 is 0 Å². The molecule has 1 aliphatic heterocycles. The van der Waals surface area contributed by atoms with Crippen molar-refractivity contribution in [2.45, 2.75) is 6.54 Å². The summed E-state index contributed by atoms with van der Waals surface area (Å²) in [5.74, 6) is 0.460. The quantitative estimate of drug-likeness (QED) is 0.520. The van der Waals surface area contributed by atoms with Crippen LogP contribution in [0.3, 0.4) is 0 Å². The highest BCUT2D eigenvalue weighted by atomic mass is 19.1. The molecule has 30 heavy (non-hydrogen) atoms. The minimum absolute atomic E-state index is 0.0125. The summed E-state index contributed by atoms with van der Waals surface area (Å²) >= 11 is 0. The maximum absolute atomic E-state index is 13.4. The van der Waals surface area contributed by atoms with Crippen LogP contribution in [-0.4, -0.2) is 56.7 Å². The van der Waals surface area contributed by atoms with Crippen molar-refractivity contribution in [2.24, 2.45) is 7.05 Å². The molecule has 0 unspecified atom stereocenters. The fraction of sp³-hybridized carbons (Fsp3) is 0.318. The smallest absolute Gasteiger partial charge is 0.262 e. The molecule has 0 N–H and O–H groups in total. The molecule has 7 nitrogen and oxygen atoms in total. The lowest BCUT2D eigenvalue weighted by Gasteiger charge is -2.35. The van der Waals surface area contributed by atoms with Crippen molar-refractivity contribution in [3.8, 4) is 0 Å². The Morgan fingerprint density at radius 2 is 1.80 bits per heavy atom. The first-order valence-electron chi connectivity index (χ1n) is 10.1. The molecule has 0 atom stereocenters. The predicted octanol–water partition coefficient (Wildman–Crippen LogP) is 2.24. The van der Waals surface area contributed by atoms with Gasteiger partial charge in [0.25, 0.3) is 5.56 Å². The molecular weight excluding hydrogens is 383 g/mol. The molecule has 8 heteroatoms. The van der Waals surface area contributed by atoms with Gasteiger partial charge in [0.1, 0.15) is 5.82 Å². The van der Waals surface area contributed by atoms with Crippen LogP contribution in [0.15, 0.2) is 53.6 Å². The zero-order chi connectivity index (χ0) is 20.7. The Labute approximate surface area is 173 Å². The third-order valence-electron chi connectivity index (χ3n) is 5.85. The SMILES string of the molecule is Cn1c(N2CCN(CCn3cnc4cc(F)ccc43)CC2)nc2ccccc2c1=O. The number of anilines is 1. The summed E-state index contributed by atoms with van der Waals surface area (Å²) in [6.45, 7) is 5.10. The number of imidazole rings is 1. The first-order chi connectivity index (χ1) is 14.6. The van der Waals surface area contributed by atoms with Crippen molar-refractivity contribution < 1.29 is 4.39 Å². The molecule has 3 heterocycles. The van der Waals surface area contributed by atoms with Crippen molar-refractivity contribution in [1.29, 1.82) is 0 Å². The van der Waals surface area contributed by atoms with Gasteiger partial charge in [-0.1, -0.05) is 12.1 Å². The van der Waals surface area contributed by atoms with Gasteiger partial charge in [0.15, 0.2) is 0 Å². The lowest BCUT2D eigenvalue weighted by atomic mass is 10.2. The van der Waals surface area contributed by atoms with Gasteiger partial charge in [0.05, 0.1) is 28.3 Å². The van der Waals surface area contributed by atoms with E-state index in [4.69, 9.17) is 4.98 Å². The molecule has 0 spiro atoms. The molecule has 5 rings (SSSR count). The molecule has 1 fully saturated rings. The first kappa shape index (κ1) is 18.7. The molecule has 0 bridgehead atoms. The average molecular weight is 406 g/mol. The van der Waals surface area contributed by atoms with E-state index in [1.165, 1.54) is 12.1 Å². The summed E-state index contributed by atoms with van der Waals surface area (Å²) in [5, 5.41) is 0.648. The van der Waals surface area contributed by atoms with Gasteiger partial charge in [-0.2, -0.15) is 0 Å². The lowest BCUT2D eigenvalue weighted by molar-refractivity contribution is 0.247. The van der Waals surface area contributed by atoms with E-state index in [1.807, 2.05) is 24.3 Å².